The second-order valence-electron chi connectivity index (χ2n) is 4.52. The second kappa shape index (κ2) is 8.97. The molecule has 2 unspecified atom stereocenters. The summed E-state index contributed by atoms with van der Waals surface area (Å²) in [6.45, 7) is 8.05. The minimum atomic E-state index is 0.371. The van der Waals surface area contributed by atoms with Gasteiger partial charge in [-0.1, -0.05) is 13.8 Å². The predicted molar refractivity (Wildman–Crippen MR) is 66.8 cm³/mol. The molecule has 3 nitrogen and oxygen atoms in total. The van der Waals surface area contributed by atoms with E-state index < -0.39 is 0 Å². The van der Waals surface area contributed by atoms with Gasteiger partial charge in [-0.2, -0.15) is 0 Å². The SMILES string of the molecule is CCNC(CC)CCCOCC1CCCO1. The molecule has 0 saturated carbocycles. The monoisotopic (exact) mass is 229 g/mol. The standard InChI is InChI=1S/C13H27NO2/c1-3-12(14-4-2)7-5-9-15-11-13-8-6-10-16-13/h12-14H,3-11H2,1-2H3. The first-order chi connectivity index (χ1) is 7.86. The molecule has 1 aliphatic rings. The Hall–Kier alpha value is -0.120. The molecule has 1 rings (SSSR count). The van der Waals surface area contributed by atoms with Crippen LogP contribution in [0.3, 0.4) is 0 Å². The van der Waals surface area contributed by atoms with Crippen molar-refractivity contribution in [2.45, 2.75) is 58.1 Å². The zero-order valence-electron chi connectivity index (χ0n) is 10.8. The Kier molecular flexibility index (Phi) is 7.81. The van der Waals surface area contributed by atoms with Gasteiger partial charge in [0.2, 0.25) is 0 Å². The third kappa shape index (κ3) is 5.83. The van der Waals surface area contributed by atoms with Crippen molar-refractivity contribution in [2.24, 2.45) is 0 Å². The van der Waals surface area contributed by atoms with Gasteiger partial charge in [-0.25, -0.2) is 0 Å². The van der Waals surface area contributed by atoms with E-state index in [0.29, 0.717) is 12.1 Å². The fourth-order valence-corrected chi connectivity index (χ4v) is 2.16. The molecule has 0 aromatic heterocycles. The highest BCUT2D eigenvalue weighted by atomic mass is 16.5. The minimum Gasteiger partial charge on any atom is -0.379 e. The number of hydrogen-bond donors (Lipinski definition) is 1. The minimum absolute atomic E-state index is 0.371. The molecular formula is C13H27NO2. The van der Waals surface area contributed by atoms with Crippen molar-refractivity contribution >= 4 is 0 Å². The van der Waals surface area contributed by atoms with Crippen molar-refractivity contribution in [3.8, 4) is 0 Å². The van der Waals surface area contributed by atoms with Gasteiger partial charge in [0.15, 0.2) is 0 Å². The van der Waals surface area contributed by atoms with Crippen LogP contribution in [-0.4, -0.2) is 38.5 Å². The number of ether oxygens (including phenoxy) is 2. The highest BCUT2D eigenvalue weighted by Gasteiger charge is 2.15. The maximum absolute atomic E-state index is 5.64. The van der Waals surface area contributed by atoms with Crippen LogP contribution in [0, 0.1) is 0 Å². The Morgan fingerprint density at radius 3 is 2.94 bits per heavy atom. The Bertz CT molecular complexity index is 158. The zero-order chi connectivity index (χ0) is 11.6. The largest absolute Gasteiger partial charge is 0.379 e. The smallest absolute Gasteiger partial charge is 0.0809 e. The van der Waals surface area contributed by atoms with E-state index in [2.05, 4.69) is 19.2 Å². The van der Waals surface area contributed by atoms with Gasteiger partial charge < -0.3 is 14.8 Å². The van der Waals surface area contributed by atoms with E-state index in [1.165, 1.54) is 25.7 Å². The molecule has 3 heteroatoms. The maximum atomic E-state index is 5.64. The summed E-state index contributed by atoms with van der Waals surface area (Å²) >= 11 is 0. The third-order valence-electron chi connectivity index (χ3n) is 3.15. The predicted octanol–water partition coefficient (Wildman–Crippen LogP) is 2.35. The maximum Gasteiger partial charge on any atom is 0.0809 e. The molecule has 16 heavy (non-hydrogen) atoms. The lowest BCUT2D eigenvalue weighted by molar-refractivity contribution is 0.0157. The van der Waals surface area contributed by atoms with Crippen LogP contribution in [0.15, 0.2) is 0 Å². The van der Waals surface area contributed by atoms with Gasteiger partial charge in [-0.05, 0) is 38.6 Å². The molecule has 0 spiro atoms. The van der Waals surface area contributed by atoms with Crippen molar-refractivity contribution in [3.63, 3.8) is 0 Å². The van der Waals surface area contributed by atoms with Crippen molar-refractivity contribution in [3.05, 3.63) is 0 Å². The van der Waals surface area contributed by atoms with Crippen LogP contribution in [0.2, 0.25) is 0 Å². The molecule has 0 radical (unpaired) electrons. The van der Waals surface area contributed by atoms with Gasteiger partial charge in [0.05, 0.1) is 12.7 Å². The van der Waals surface area contributed by atoms with E-state index in [-0.39, 0.29) is 0 Å². The van der Waals surface area contributed by atoms with Crippen LogP contribution in [0.25, 0.3) is 0 Å². The molecule has 0 aromatic rings. The highest BCUT2D eigenvalue weighted by molar-refractivity contribution is 4.65. The summed E-state index contributed by atoms with van der Waals surface area (Å²) in [7, 11) is 0. The average Bonchev–Trinajstić information content (AvgIpc) is 2.80. The Balaban J connectivity index is 1.89. The van der Waals surface area contributed by atoms with Gasteiger partial charge in [0.1, 0.15) is 0 Å². The molecule has 1 fully saturated rings. The molecule has 96 valence electrons. The van der Waals surface area contributed by atoms with E-state index in [1.54, 1.807) is 0 Å². The lowest BCUT2D eigenvalue weighted by Crippen LogP contribution is -2.28. The number of hydrogen-bond acceptors (Lipinski definition) is 3. The van der Waals surface area contributed by atoms with E-state index in [1.807, 2.05) is 0 Å². The summed E-state index contributed by atoms with van der Waals surface area (Å²) in [6, 6.07) is 0.663. The van der Waals surface area contributed by atoms with Gasteiger partial charge >= 0.3 is 0 Å². The molecular weight excluding hydrogens is 202 g/mol. The van der Waals surface area contributed by atoms with E-state index in [9.17, 15) is 0 Å². The number of nitrogens with one attached hydrogen (secondary N) is 1. The van der Waals surface area contributed by atoms with Crippen molar-refractivity contribution in [2.75, 3.05) is 26.4 Å². The summed E-state index contributed by atoms with van der Waals surface area (Å²) in [6.07, 6.45) is 6.32. The second-order valence-corrected chi connectivity index (χ2v) is 4.52. The van der Waals surface area contributed by atoms with Crippen LogP contribution in [0.5, 0.6) is 0 Å². The van der Waals surface area contributed by atoms with Crippen molar-refractivity contribution < 1.29 is 9.47 Å². The molecule has 1 N–H and O–H groups in total. The summed E-state index contributed by atoms with van der Waals surface area (Å²) in [5.41, 5.74) is 0. The van der Waals surface area contributed by atoms with Crippen LogP contribution in [0.4, 0.5) is 0 Å². The molecule has 1 aliphatic heterocycles. The molecule has 0 bridgehead atoms. The lowest BCUT2D eigenvalue weighted by Gasteiger charge is -2.16. The first kappa shape index (κ1) is 13.9. The Morgan fingerprint density at radius 1 is 1.44 bits per heavy atom. The molecule has 0 amide bonds. The summed E-state index contributed by atoms with van der Waals surface area (Å²) in [4.78, 5) is 0. The molecule has 1 saturated heterocycles. The van der Waals surface area contributed by atoms with Gasteiger partial charge in [0.25, 0.3) is 0 Å². The van der Waals surface area contributed by atoms with E-state index in [4.69, 9.17) is 9.47 Å². The quantitative estimate of drug-likeness (QED) is 0.616. The van der Waals surface area contributed by atoms with Crippen molar-refractivity contribution in [1.82, 2.24) is 5.32 Å². The fraction of sp³-hybridized carbons (Fsp3) is 1.00. The molecule has 1 heterocycles. The first-order valence-corrected chi connectivity index (χ1v) is 6.79. The van der Waals surface area contributed by atoms with E-state index >= 15 is 0 Å². The van der Waals surface area contributed by atoms with E-state index in [0.717, 1.165) is 32.8 Å². The van der Waals surface area contributed by atoms with Crippen molar-refractivity contribution in [1.29, 1.82) is 0 Å². The fourth-order valence-electron chi connectivity index (χ4n) is 2.16. The first-order valence-electron chi connectivity index (χ1n) is 6.79. The van der Waals surface area contributed by atoms with Gasteiger partial charge in [-0.3, -0.25) is 0 Å². The lowest BCUT2D eigenvalue weighted by atomic mass is 10.1. The summed E-state index contributed by atoms with van der Waals surface area (Å²) in [5.74, 6) is 0. The average molecular weight is 229 g/mol. The molecule has 0 aliphatic carbocycles. The van der Waals surface area contributed by atoms with Crippen LogP contribution in [-0.2, 0) is 9.47 Å². The van der Waals surface area contributed by atoms with Gasteiger partial charge in [0, 0.05) is 19.3 Å². The van der Waals surface area contributed by atoms with Crippen LogP contribution >= 0.6 is 0 Å². The Morgan fingerprint density at radius 2 is 2.31 bits per heavy atom. The zero-order valence-corrected chi connectivity index (χ0v) is 10.8. The normalized spacial score (nSPS) is 22.5. The Labute approximate surface area is 99.9 Å². The summed E-state index contributed by atoms with van der Waals surface area (Å²) < 4.78 is 11.1. The third-order valence-corrected chi connectivity index (χ3v) is 3.15. The number of rotatable bonds is 9. The topological polar surface area (TPSA) is 30.5 Å². The summed E-state index contributed by atoms with van der Waals surface area (Å²) in [5, 5.41) is 3.48. The van der Waals surface area contributed by atoms with Crippen LogP contribution < -0.4 is 5.32 Å². The van der Waals surface area contributed by atoms with Crippen LogP contribution in [0.1, 0.15) is 46.0 Å². The molecule has 0 aromatic carbocycles. The molecule has 2 atom stereocenters. The highest BCUT2D eigenvalue weighted by Crippen LogP contribution is 2.12. The van der Waals surface area contributed by atoms with Gasteiger partial charge in [-0.15, -0.1) is 0 Å².